The van der Waals surface area contributed by atoms with E-state index < -0.39 is 0 Å². The number of nitrogens with zero attached hydrogens (tertiary/aromatic N) is 2. The fourth-order valence-corrected chi connectivity index (χ4v) is 2.79. The van der Waals surface area contributed by atoms with Crippen LogP contribution >= 0.6 is 11.8 Å². The number of hydrogen-bond acceptors (Lipinski definition) is 3. The Labute approximate surface area is 116 Å². The molecule has 0 aliphatic rings. The Morgan fingerprint density at radius 1 is 1.11 bits per heavy atom. The molecule has 0 fully saturated rings. The molecule has 1 aromatic carbocycles. The van der Waals surface area contributed by atoms with Gasteiger partial charge in [-0.2, -0.15) is 0 Å². The van der Waals surface area contributed by atoms with Crippen LogP contribution in [0.2, 0.25) is 0 Å². The van der Waals surface area contributed by atoms with Crippen molar-refractivity contribution < 1.29 is 0 Å². The van der Waals surface area contributed by atoms with Gasteiger partial charge in [0.25, 0.3) is 0 Å². The average molecular weight is 269 g/mol. The monoisotopic (exact) mass is 269 g/mol. The summed E-state index contributed by atoms with van der Waals surface area (Å²) in [5, 5.41) is 1.04. The highest BCUT2D eigenvalue weighted by Crippen LogP contribution is 2.22. The first kappa shape index (κ1) is 12.2. The number of H-pyrrole nitrogens is 1. The minimum Gasteiger partial charge on any atom is -0.341 e. The van der Waals surface area contributed by atoms with Gasteiger partial charge in [0.15, 0.2) is 0 Å². The van der Waals surface area contributed by atoms with Crippen molar-refractivity contribution in [1.82, 2.24) is 15.0 Å². The first-order valence-corrected chi connectivity index (χ1v) is 7.20. The molecular weight excluding hydrogens is 254 g/mol. The quantitative estimate of drug-likeness (QED) is 0.734. The molecule has 0 spiro atoms. The van der Waals surface area contributed by atoms with Crippen LogP contribution in [0.1, 0.15) is 17.0 Å². The predicted octanol–water partition coefficient (Wildman–Crippen LogP) is 3.87. The van der Waals surface area contributed by atoms with Gasteiger partial charge in [0.05, 0.1) is 21.8 Å². The molecule has 0 radical (unpaired) electrons. The standard InChI is InChI=1S/C15H15N3S/c1-10-3-4-12-13(7-10)18-14(17-12)9-19-15-8-11(2)5-6-16-15/h3-8H,9H2,1-2H3,(H,17,18). The van der Waals surface area contributed by atoms with Crippen LogP contribution in [0.4, 0.5) is 0 Å². The van der Waals surface area contributed by atoms with Gasteiger partial charge in [-0.1, -0.05) is 17.8 Å². The fraction of sp³-hybridized carbons (Fsp3) is 0.200. The van der Waals surface area contributed by atoms with Crippen molar-refractivity contribution in [2.75, 3.05) is 0 Å². The summed E-state index contributed by atoms with van der Waals surface area (Å²) in [4.78, 5) is 12.3. The molecule has 0 atom stereocenters. The summed E-state index contributed by atoms with van der Waals surface area (Å²) in [7, 11) is 0. The van der Waals surface area contributed by atoms with Crippen LogP contribution in [0, 0.1) is 13.8 Å². The van der Waals surface area contributed by atoms with E-state index in [4.69, 9.17) is 0 Å². The third kappa shape index (κ3) is 2.79. The maximum absolute atomic E-state index is 4.61. The normalized spacial score (nSPS) is 11.1. The van der Waals surface area contributed by atoms with Crippen molar-refractivity contribution in [2.45, 2.75) is 24.6 Å². The van der Waals surface area contributed by atoms with Crippen LogP contribution in [0.5, 0.6) is 0 Å². The largest absolute Gasteiger partial charge is 0.341 e. The topological polar surface area (TPSA) is 41.6 Å². The van der Waals surface area contributed by atoms with Gasteiger partial charge in [0.2, 0.25) is 0 Å². The second-order valence-electron chi connectivity index (χ2n) is 4.66. The highest BCUT2D eigenvalue weighted by Gasteiger charge is 2.04. The number of aromatic nitrogens is 3. The first-order chi connectivity index (χ1) is 9.20. The number of fused-ring (bicyclic) bond motifs is 1. The van der Waals surface area contributed by atoms with Crippen LogP contribution in [-0.2, 0) is 5.75 Å². The second kappa shape index (κ2) is 5.05. The Kier molecular flexibility index (Phi) is 3.25. The number of benzene rings is 1. The molecule has 3 nitrogen and oxygen atoms in total. The third-order valence-corrected chi connectivity index (χ3v) is 3.87. The molecule has 3 rings (SSSR count). The maximum atomic E-state index is 4.61. The van der Waals surface area contributed by atoms with Crippen LogP contribution < -0.4 is 0 Å². The molecule has 0 bridgehead atoms. The summed E-state index contributed by atoms with van der Waals surface area (Å²) in [5.41, 5.74) is 4.60. The van der Waals surface area contributed by atoms with Crippen molar-refractivity contribution in [3.8, 4) is 0 Å². The summed E-state index contributed by atoms with van der Waals surface area (Å²) in [6.07, 6.45) is 1.85. The zero-order chi connectivity index (χ0) is 13.2. The van der Waals surface area contributed by atoms with Crippen LogP contribution in [0.25, 0.3) is 11.0 Å². The molecule has 2 heterocycles. The van der Waals surface area contributed by atoms with Gasteiger partial charge >= 0.3 is 0 Å². The Hall–Kier alpha value is -1.81. The van der Waals surface area contributed by atoms with E-state index in [2.05, 4.69) is 53.1 Å². The van der Waals surface area contributed by atoms with Gasteiger partial charge in [-0.05, 0) is 49.2 Å². The van der Waals surface area contributed by atoms with Gasteiger partial charge in [-0.25, -0.2) is 9.97 Å². The van der Waals surface area contributed by atoms with E-state index >= 15 is 0 Å². The van der Waals surface area contributed by atoms with Gasteiger partial charge < -0.3 is 4.98 Å². The predicted molar refractivity (Wildman–Crippen MR) is 79.4 cm³/mol. The van der Waals surface area contributed by atoms with E-state index in [1.807, 2.05) is 12.3 Å². The number of hydrogen-bond donors (Lipinski definition) is 1. The van der Waals surface area contributed by atoms with Crippen molar-refractivity contribution in [3.63, 3.8) is 0 Å². The second-order valence-corrected chi connectivity index (χ2v) is 5.66. The van der Waals surface area contributed by atoms with Crippen molar-refractivity contribution in [2.24, 2.45) is 0 Å². The molecule has 0 amide bonds. The number of thioether (sulfide) groups is 1. The summed E-state index contributed by atoms with van der Waals surface area (Å²) in [6.45, 7) is 4.16. The maximum Gasteiger partial charge on any atom is 0.117 e. The van der Waals surface area contributed by atoms with E-state index in [0.29, 0.717) is 0 Å². The molecule has 4 heteroatoms. The van der Waals surface area contributed by atoms with Crippen molar-refractivity contribution in [1.29, 1.82) is 0 Å². The SMILES string of the molecule is Cc1ccnc(SCc2nc3cc(C)ccc3[nH]2)c1. The minimum absolute atomic E-state index is 0.810. The number of rotatable bonds is 3. The van der Waals surface area contributed by atoms with Crippen LogP contribution in [0.3, 0.4) is 0 Å². The number of imidazole rings is 1. The Bertz CT molecular complexity index is 718. The zero-order valence-corrected chi connectivity index (χ0v) is 11.8. The molecule has 0 saturated carbocycles. The van der Waals surface area contributed by atoms with Gasteiger partial charge in [-0.3, -0.25) is 0 Å². The van der Waals surface area contributed by atoms with E-state index in [1.54, 1.807) is 11.8 Å². The molecule has 3 aromatic rings. The van der Waals surface area contributed by atoms with Gasteiger partial charge in [-0.15, -0.1) is 0 Å². The molecular formula is C15H15N3S. The molecule has 0 saturated heterocycles. The van der Waals surface area contributed by atoms with E-state index in [-0.39, 0.29) is 0 Å². The van der Waals surface area contributed by atoms with Crippen molar-refractivity contribution >= 4 is 22.8 Å². The number of nitrogens with one attached hydrogen (secondary N) is 1. The molecule has 0 aliphatic heterocycles. The Morgan fingerprint density at radius 2 is 1.95 bits per heavy atom. The molecule has 96 valence electrons. The highest BCUT2D eigenvalue weighted by atomic mass is 32.2. The summed E-state index contributed by atoms with van der Waals surface area (Å²) >= 11 is 1.70. The summed E-state index contributed by atoms with van der Waals surface area (Å²) < 4.78 is 0. The lowest BCUT2D eigenvalue weighted by Crippen LogP contribution is -1.86. The van der Waals surface area contributed by atoms with E-state index in [9.17, 15) is 0 Å². The zero-order valence-electron chi connectivity index (χ0n) is 11.0. The number of aryl methyl sites for hydroxylation is 2. The van der Waals surface area contributed by atoms with Gasteiger partial charge in [0.1, 0.15) is 5.82 Å². The van der Waals surface area contributed by atoms with Crippen LogP contribution in [-0.4, -0.2) is 15.0 Å². The van der Waals surface area contributed by atoms with E-state index in [1.165, 1.54) is 11.1 Å². The first-order valence-electron chi connectivity index (χ1n) is 6.21. The lowest BCUT2D eigenvalue weighted by molar-refractivity contribution is 1.09. The van der Waals surface area contributed by atoms with Crippen LogP contribution in [0.15, 0.2) is 41.6 Å². The van der Waals surface area contributed by atoms with E-state index in [0.717, 1.165) is 27.6 Å². The Balaban J connectivity index is 1.78. The van der Waals surface area contributed by atoms with Gasteiger partial charge in [0, 0.05) is 6.20 Å². The lowest BCUT2D eigenvalue weighted by atomic mass is 10.2. The minimum atomic E-state index is 0.810. The molecule has 2 aromatic heterocycles. The Morgan fingerprint density at radius 3 is 2.79 bits per heavy atom. The molecule has 1 N–H and O–H groups in total. The lowest BCUT2D eigenvalue weighted by Gasteiger charge is -1.99. The molecule has 19 heavy (non-hydrogen) atoms. The fourth-order valence-electron chi connectivity index (χ4n) is 1.97. The molecule has 0 aliphatic carbocycles. The highest BCUT2D eigenvalue weighted by molar-refractivity contribution is 7.98. The number of aromatic amines is 1. The smallest absolute Gasteiger partial charge is 0.117 e. The third-order valence-electron chi connectivity index (χ3n) is 2.93. The number of pyridine rings is 1. The summed E-state index contributed by atoms with van der Waals surface area (Å²) in [5.74, 6) is 1.80. The van der Waals surface area contributed by atoms with Crippen molar-refractivity contribution in [3.05, 3.63) is 53.5 Å². The average Bonchev–Trinajstić information content (AvgIpc) is 2.78. The molecule has 0 unspecified atom stereocenters. The summed E-state index contributed by atoms with van der Waals surface area (Å²) in [6, 6.07) is 10.4.